The highest BCUT2D eigenvalue weighted by molar-refractivity contribution is 7.17. The number of esters is 1. The monoisotopic (exact) mass is 259 g/mol. The summed E-state index contributed by atoms with van der Waals surface area (Å²) in [5.74, 6) is -0.453. The SMILES string of the molecule is COC(=O)c1cccc2c1[nH]c(=O)c1sccc12. The van der Waals surface area contributed by atoms with E-state index in [1.165, 1.54) is 18.4 Å². The van der Waals surface area contributed by atoms with Gasteiger partial charge in [0.1, 0.15) is 4.70 Å². The van der Waals surface area contributed by atoms with Crippen LogP contribution in [0.1, 0.15) is 10.4 Å². The van der Waals surface area contributed by atoms with Crippen molar-refractivity contribution in [3.8, 4) is 0 Å². The minimum absolute atomic E-state index is 0.177. The number of methoxy groups -OCH3 is 1. The van der Waals surface area contributed by atoms with Crippen molar-refractivity contribution in [1.82, 2.24) is 4.98 Å². The summed E-state index contributed by atoms with van der Waals surface area (Å²) in [5, 5.41) is 3.59. The number of aromatic amines is 1. The van der Waals surface area contributed by atoms with Crippen molar-refractivity contribution >= 4 is 38.3 Å². The third kappa shape index (κ3) is 1.44. The molecule has 0 amide bonds. The number of benzene rings is 1. The lowest BCUT2D eigenvalue weighted by Crippen LogP contribution is -2.09. The number of pyridine rings is 1. The number of aromatic nitrogens is 1. The maximum absolute atomic E-state index is 11.9. The summed E-state index contributed by atoms with van der Waals surface area (Å²) in [6, 6.07) is 7.19. The molecule has 0 saturated carbocycles. The number of carbonyl (C=O) groups excluding carboxylic acids is 1. The van der Waals surface area contributed by atoms with Crippen LogP contribution < -0.4 is 5.56 Å². The summed E-state index contributed by atoms with van der Waals surface area (Å²) in [6.45, 7) is 0. The molecule has 0 spiro atoms. The molecule has 0 saturated heterocycles. The highest BCUT2D eigenvalue weighted by Crippen LogP contribution is 2.26. The van der Waals surface area contributed by atoms with E-state index in [0.717, 1.165) is 10.8 Å². The normalized spacial score (nSPS) is 10.9. The second kappa shape index (κ2) is 3.96. The number of ether oxygens (including phenoxy) is 1. The molecule has 18 heavy (non-hydrogen) atoms. The molecule has 0 atom stereocenters. The summed E-state index contributed by atoms with van der Waals surface area (Å²) >= 11 is 1.39. The lowest BCUT2D eigenvalue weighted by molar-refractivity contribution is 0.0603. The summed E-state index contributed by atoms with van der Waals surface area (Å²) in [4.78, 5) is 26.3. The first kappa shape index (κ1) is 11.0. The lowest BCUT2D eigenvalue weighted by atomic mass is 10.1. The number of hydrogen-bond acceptors (Lipinski definition) is 4. The zero-order valence-electron chi connectivity index (χ0n) is 9.52. The van der Waals surface area contributed by atoms with Gasteiger partial charge in [-0.05, 0) is 17.5 Å². The third-order valence-corrected chi connectivity index (χ3v) is 3.78. The zero-order chi connectivity index (χ0) is 12.7. The predicted octanol–water partition coefficient (Wildman–Crippen LogP) is 2.53. The number of fused-ring (bicyclic) bond motifs is 3. The summed E-state index contributed by atoms with van der Waals surface area (Å²) in [6.07, 6.45) is 0. The molecule has 0 aliphatic carbocycles. The Morgan fingerprint density at radius 3 is 2.89 bits per heavy atom. The largest absolute Gasteiger partial charge is 0.465 e. The average Bonchev–Trinajstić information content (AvgIpc) is 2.87. The van der Waals surface area contributed by atoms with Gasteiger partial charge < -0.3 is 9.72 Å². The van der Waals surface area contributed by atoms with Gasteiger partial charge in [0.25, 0.3) is 5.56 Å². The standard InChI is InChI=1S/C13H9NO3S/c1-17-13(16)9-4-2-3-7-8-5-6-18-11(8)12(15)14-10(7)9/h2-6H,1H3,(H,14,15). The van der Waals surface area contributed by atoms with Crippen LogP contribution in [0, 0.1) is 0 Å². The number of hydrogen-bond donors (Lipinski definition) is 1. The Hall–Kier alpha value is -2.14. The van der Waals surface area contributed by atoms with Crippen LogP contribution in [-0.2, 0) is 4.74 Å². The lowest BCUT2D eigenvalue weighted by Gasteiger charge is -2.05. The maximum atomic E-state index is 11.9. The second-order valence-electron chi connectivity index (χ2n) is 3.84. The van der Waals surface area contributed by atoms with E-state index in [2.05, 4.69) is 4.98 Å². The van der Waals surface area contributed by atoms with Gasteiger partial charge in [0.05, 0.1) is 18.2 Å². The fourth-order valence-corrected chi connectivity index (χ4v) is 2.86. The van der Waals surface area contributed by atoms with Crippen LogP contribution in [0.15, 0.2) is 34.4 Å². The molecule has 1 N–H and O–H groups in total. The molecule has 3 aromatic rings. The van der Waals surface area contributed by atoms with Gasteiger partial charge in [-0.15, -0.1) is 11.3 Å². The van der Waals surface area contributed by atoms with Crippen LogP contribution >= 0.6 is 11.3 Å². The van der Waals surface area contributed by atoms with Crippen LogP contribution in [0.2, 0.25) is 0 Å². The maximum Gasteiger partial charge on any atom is 0.339 e. The first-order chi connectivity index (χ1) is 8.72. The topological polar surface area (TPSA) is 59.2 Å². The molecule has 1 aromatic carbocycles. The molecule has 0 unspecified atom stereocenters. The Bertz CT molecular complexity index is 816. The number of carbonyl (C=O) groups is 1. The molecule has 3 rings (SSSR count). The third-order valence-electron chi connectivity index (χ3n) is 2.87. The molecule has 90 valence electrons. The number of rotatable bonds is 1. The molecule has 4 nitrogen and oxygen atoms in total. The Morgan fingerprint density at radius 2 is 2.11 bits per heavy atom. The van der Waals surface area contributed by atoms with Gasteiger partial charge >= 0.3 is 5.97 Å². The van der Waals surface area contributed by atoms with E-state index in [1.807, 2.05) is 17.5 Å². The van der Waals surface area contributed by atoms with Gasteiger partial charge in [-0.2, -0.15) is 0 Å². The molecule has 0 aliphatic heterocycles. The van der Waals surface area contributed by atoms with Crippen molar-refractivity contribution < 1.29 is 9.53 Å². The van der Waals surface area contributed by atoms with Crippen molar-refractivity contribution in [2.45, 2.75) is 0 Å². The van der Waals surface area contributed by atoms with Gasteiger partial charge in [0.2, 0.25) is 0 Å². The van der Waals surface area contributed by atoms with E-state index in [1.54, 1.807) is 12.1 Å². The van der Waals surface area contributed by atoms with Crippen molar-refractivity contribution in [2.75, 3.05) is 7.11 Å². The number of thiophene rings is 1. The summed E-state index contributed by atoms with van der Waals surface area (Å²) in [5.41, 5.74) is 0.726. The number of nitrogens with one attached hydrogen (secondary N) is 1. The molecule has 0 radical (unpaired) electrons. The van der Waals surface area contributed by atoms with E-state index in [0.29, 0.717) is 15.8 Å². The van der Waals surface area contributed by atoms with E-state index in [-0.39, 0.29) is 5.56 Å². The van der Waals surface area contributed by atoms with Crippen molar-refractivity contribution in [3.05, 3.63) is 45.6 Å². The highest BCUT2D eigenvalue weighted by atomic mass is 32.1. The van der Waals surface area contributed by atoms with E-state index >= 15 is 0 Å². The van der Waals surface area contributed by atoms with Crippen molar-refractivity contribution in [3.63, 3.8) is 0 Å². The Balaban J connectivity index is 2.52. The Morgan fingerprint density at radius 1 is 1.28 bits per heavy atom. The van der Waals surface area contributed by atoms with Gasteiger partial charge in [-0.25, -0.2) is 4.79 Å². The predicted molar refractivity (Wildman–Crippen MR) is 71.3 cm³/mol. The first-order valence-corrected chi connectivity index (χ1v) is 6.21. The van der Waals surface area contributed by atoms with E-state index in [9.17, 15) is 9.59 Å². The summed E-state index contributed by atoms with van der Waals surface area (Å²) < 4.78 is 5.39. The van der Waals surface area contributed by atoms with Crippen molar-refractivity contribution in [2.24, 2.45) is 0 Å². The molecule has 5 heteroatoms. The van der Waals surface area contributed by atoms with E-state index in [4.69, 9.17) is 4.74 Å². The molecule has 2 heterocycles. The minimum Gasteiger partial charge on any atom is -0.465 e. The Kier molecular flexibility index (Phi) is 2.41. The first-order valence-electron chi connectivity index (χ1n) is 5.33. The van der Waals surface area contributed by atoms with Gasteiger partial charge in [-0.1, -0.05) is 12.1 Å². The number of H-pyrrole nitrogens is 1. The second-order valence-corrected chi connectivity index (χ2v) is 4.75. The number of para-hydroxylation sites is 1. The van der Waals surface area contributed by atoms with Crippen LogP contribution in [0.25, 0.3) is 21.0 Å². The minimum atomic E-state index is -0.453. The highest BCUT2D eigenvalue weighted by Gasteiger charge is 2.14. The van der Waals surface area contributed by atoms with Gasteiger partial charge in [-0.3, -0.25) is 4.79 Å². The fraction of sp³-hybridized carbons (Fsp3) is 0.0769. The van der Waals surface area contributed by atoms with Crippen LogP contribution in [0.3, 0.4) is 0 Å². The average molecular weight is 259 g/mol. The van der Waals surface area contributed by atoms with Gasteiger partial charge in [0.15, 0.2) is 0 Å². The van der Waals surface area contributed by atoms with E-state index < -0.39 is 5.97 Å². The molecular weight excluding hydrogens is 250 g/mol. The van der Waals surface area contributed by atoms with Crippen LogP contribution in [0.5, 0.6) is 0 Å². The van der Waals surface area contributed by atoms with Gasteiger partial charge in [0, 0.05) is 10.8 Å². The molecule has 0 bridgehead atoms. The summed E-state index contributed by atoms with van der Waals surface area (Å²) in [7, 11) is 1.32. The van der Waals surface area contributed by atoms with Crippen LogP contribution in [-0.4, -0.2) is 18.1 Å². The van der Waals surface area contributed by atoms with Crippen molar-refractivity contribution in [1.29, 1.82) is 0 Å². The Labute approximate surface area is 106 Å². The molecular formula is C13H9NO3S. The fourth-order valence-electron chi connectivity index (χ4n) is 2.06. The molecule has 2 aromatic heterocycles. The smallest absolute Gasteiger partial charge is 0.339 e. The molecule has 0 aliphatic rings. The van der Waals surface area contributed by atoms with Crippen LogP contribution in [0.4, 0.5) is 0 Å². The zero-order valence-corrected chi connectivity index (χ0v) is 10.3. The molecule has 0 fully saturated rings. The quantitative estimate of drug-likeness (QED) is 0.683.